The van der Waals surface area contributed by atoms with Crippen molar-refractivity contribution >= 4 is 0 Å². The summed E-state index contributed by atoms with van der Waals surface area (Å²) >= 11 is 0. The number of piperazine rings is 3. The predicted molar refractivity (Wildman–Crippen MR) is 437 cm³/mol. The lowest BCUT2D eigenvalue weighted by Crippen LogP contribution is -2.39. The highest BCUT2D eigenvalue weighted by atomic mass is 16.3. The van der Waals surface area contributed by atoms with Crippen LogP contribution in [0.5, 0.6) is 69.0 Å². The summed E-state index contributed by atoms with van der Waals surface area (Å²) in [6.07, 6.45) is 0. The van der Waals surface area contributed by atoms with Crippen LogP contribution in [0.2, 0.25) is 0 Å². The molecule has 12 aromatic rings. The standard InChI is InChI=1S/4C20H18O3.3C4H10N2/c4*1-20(14-2-8-17(21)9-3-14,15-4-10-18(22)11-5-15)16-6-12-19(23)13-7-16;3*1-2-6-4-3-5-1/h4*2-13,21-23H,1H3;3*5-6H,1-4H2. The van der Waals surface area contributed by atoms with Crippen LogP contribution in [-0.2, 0) is 21.7 Å². The van der Waals surface area contributed by atoms with E-state index in [4.69, 9.17) is 0 Å². The minimum absolute atomic E-state index is 0.215. The molecule has 18 heteroatoms. The summed E-state index contributed by atoms with van der Waals surface area (Å²) in [4.78, 5) is 0. The number of nitrogens with one attached hydrogen (secondary N) is 6. The van der Waals surface area contributed by atoms with Gasteiger partial charge in [0.25, 0.3) is 0 Å². The van der Waals surface area contributed by atoms with Crippen molar-refractivity contribution in [3.63, 3.8) is 0 Å². The Labute approximate surface area is 644 Å². The lowest BCUT2D eigenvalue weighted by molar-refractivity contribution is 0.472. The molecule has 0 radical (unpaired) electrons. The lowest BCUT2D eigenvalue weighted by Gasteiger charge is -2.32. The number of rotatable bonds is 12. The number of hydrogen-bond donors (Lipinski definition) is 18. The zero-order chi connectivity index (χ0) is 78.5. The van der Waals surface area contributed by atoms with Crippen molar-refractivity contribution in [3.8, 4) is 69.0 Å². The Morgan fingerprint density at radius 3 is 0.255 bits per heavy atom. The molecule has 0 spiro atoms. The van der Waals surface area contributed by atoms with Gasteiger partial charge in [0.1, 0.15) is 69.0 Å². The van der Waals surface area contributed by atoms with Crippen molar-refractivity contribution in [2.45, 2.75) is 49.4 Å². The molecule has 110 heavy (non-hydrogen) atoms. The van der Waals surface area contributed by atoms with E-state index in [-0.39, 0.29) is 69.0 Å². The maximum absolute atomic E-state index is 9.57. The van der Waals surface area contributed by atoms with Crippen LogP contribution in [0.4, 0.5) is 0 Å². The third kappa shape index (κ3) is 22.1. The summed E-state index contributed by atoms with van der Waals surface area (Å²) in [5.74, 6) is 2.58. The third-order valence-corrected chi connectivity index (χ3v) is 20.2. The molecule has 0 amide bonds. The van der Waals surface area contributed by atoms with E-state index in [1.165, 1.54) is 0 Å². The normalized spacial score (nSPS) is 13.4. The van der Waals surface area contributed by atoms with E-state index in [9.17, 15) is 61.3 Å². The summed E-state index contributed by atoms with van der Waals surface area (Å²) < 4.78 is 0. The molecule has 3 aliphatic heterocycles. The van der Waals surface area contributed by atoms with Gasteiger partial charge in [-0.1, -0.05) is 146 Å². The van der Waals surface area contributed by atoms with Gasteiger partial charge < -0.3 is 93.2 Å². The molecule has 0 unspecified atom stereocenters. The average molecular weight is 1480 g/mol. The smallest absolute Gasteiger partial charge is 0.115 e. The highest BCUT2D eigenvalue weighted by Crippen LogP contribution is 2.45. The quantitative estimate of drug-likeness (QED) is 0.0506. The number of hydrogen-bond acceptors (Lipinski definition) is 18. The van der Waals surface area contributed by atoms with Crippen molar-refractivity contribution in [2.24, 2.45) is 0 Å². The summed E-state index contributed by atoms with van der Waals surface area (Å²) in [5.41, 5.74) is 10.2. The molecule has 572 valence electrons. The molecule has 0 atom stereocenters. The van der Waals surface area contributed by atoms with E-state index in [1.54, 1.807) is 146 Å². The number of phenolic OH excluding ortho intramolecular Hbond substituents is 12. The molecule has 0 aliphatic carbocycles. The van der Waals surface area contributed by atoms with Crippen LogP contribution in [0.15, 0.2) is 291 Å². The highest BCUT2D eigenvalue weighted by Gasteiger charge is 2.35. The Hall–Kier alpha value is -12.0. The fourth-order valence-corrected chi connectivity index (χ4v) is 13.3. The van der Waals surface area contributed by atoms with Gasteiger partial charge >= 0.3 is 0 Å². The highest BCUT2D eigenvalue weighted by molar-refractivity contribution is 5.57. The van der Waals surface area contributed by atoms with Crippen LogP contribution in [-0.4, -0.2) is 140 Å². The van der Waals surface area contributed by atoms with Gasteiger partial charge in [-0.25, -0.2) is 0 Å². The van der Waals surface area contributed by atoms with Gasteiger partial charge in [0, 0.05) is 100 Å². The number of phenols is 12. The maximum atomic E-state index is 9.57. The molecule has 3 fully saturated rings. The van der Waals surface area contributed by atoms with Gasteiger partial charge in [-0.2, -0.15) is 0 Å². The van der Waals surface area contributed by atoms with E-state index >= 15 is 0 Å². The van der Waals surface area contributed by atoms with Crippen molar-refractivity contribution in [3.05, 3.63) is 358 Å². The van der Waals surface area contributed by atoms with Crippen molar-refractivity contribution < 1.29 is 61.3 Å². The molecule has 0 saturated carbocycles. The van der Waals surface area contributed by atoms with Crippen LogP contribution < -0.4 is 31.9 Å². The second-order valence-corrected chi connectivity index (χ2v) is 27.6. The van der Waals surface area contributed by atoms with Crippen LogP contribution in [0.1, 0.15) is 94.5 Å². The first-order valence-electron chi connectivity index (χ1n) is 36.8. The predicted octanol–water partition coefficient (Wildman–Crippen LogP) is 14.2. The van der Waals surface area contributed by atoms with Gasteiger partial charge in [0.15, 0.2) is 0 Å². The summed E-state index contributed by atoms with van der Waals surface area (Å²) in [6.45, 7) is 22.0. The second kappa shape index (κ2) is 39.7. The van der Waals surface area contributed by atoms with Gasteiger partial charge in [0.2, 0.25) is 0 Å². The second-order valence-electron chi connectivity index (χ2n) is 27.6. The SMILES string of the molecule is C1CNCCN1.C1CNCCN1.C1CNCCN1.CC(c1ccc(O)cc1)(c1ccc(O)cc1)c1ccc(O)cc1.CC(c1ccc(O)cc1)(c1ccc(O)cc1)c1ccc(O)cc1.CC(c1ccc(O)cc1)(c1ccc(O)cc1)c1ccc(O)cc1.CC(c1ccc(O)cc1)(c1ccc(O)cc1)c1ccc(O)cc1. The van der Waals surface area contributed by atoms with E-state index in [0.717, 1.165) is 145 Å². The first-order valence-corrected chi connectivity index (χ1v) is 36.8. The maximum Gasteiger partial charge on any atom is 0.115 e. The molecule has 0 aromatic heterocycles. The Morgan fingerprint density at radius 1 is 0.136 bits per heavy atom. The van der Waals surface area contributed by atoms with Crippen molar-refractivity contribution in [1.82, 2.24) is 31.9 Å². The Balaban J connectivity index is 0.000000156. The molecule has 3 saturated heterocycles. The molecule has 15 rings (SSSR count). The molecular formula is C92H102N6O12. The summed E-state index contributed by atoms with van der Waals surface area (Å²) in [6, 6.07) is 85.1. The van der Waals surface area contributed by atoms with Gasteiger partial charge in [0.05, 0.1) is 0 Å². The first kappa shape index (κ1) is 82.1. The van der Waals surface area contributed by atoms with Crippen LogP contribution in [0, 0.1) is 0 Å². The zero-order valence-corrected chi connectivity index (χ0v) is 62.6. The molecule has 0 bridgehead atoms. The van der Waals surface area contributed by atoms with Crippen LogP contribution >= 0.6 is 0 Å². The first-order chi connectivity index (χ1) is 53.0. The Morgan fingerprint density at radius 2 is 0.200 bits per heavy atom. The van der Waals surface area contributed by atoms with Crippen LogP contribution in [0.3, 0.4) is 0 Å². The topological polar surface area (TPSA) is 315 Å². The fourth-order valence-electron chi connectivity index (χ4n) is 13.3. The lowest BCUT2D eigenvalue weighted by atomic mass is 9.71. The number of benzene rings is 12. The van der Waals surface area contributed by atoms with Crippen LogP contribution in [0.25, 0.3) is 0 Å². The molecular weight excluding hydrogens is 1380 g/mol. The van der Waals surface area contributed by atoms with Gasteiger partial charge in [-0.15, -0.1) is 0 Å². The fraction of sp³-hybridized carbons (Fsp3) is 0.217. The largest absolute Gasteiger partial charge is 0.508 e. The third-order valence-electron chi connectivity index (χ3n) is 20.2. The van der Waals surface area contributed by atoms with E-state index in [2.05, 4.69) is 59.6 Å². The van der Waals surface area contributed by atoms with E-state index in [1.807, 2.05) is 146 Å². The molecule has 3 heterocycles. The monoisotopic (exact) mass is 1480 g/mol. The van der Waals surface area contributed by atoms with E-state index in [0.29, 0.717) is 0 Å². The Bertz CT molecular complexity index is 3590. The van der Waals surface area contributed by atoms with Crippen molar-refractivity contribution in [2.75, 3.05) is 78.5 Å². The average Bonchev–Trinajstić information content (AvgIpc) is 0.786. The van der Waals surface area contributed by atoms with Gasteiger partial charge in [-0.05, 0) is 240 Å². The molecule has 3 aliphatic rings. The van der Waals surface area contributed by atoms with E-state index < -0.39 is 21.7 Å². The number of aromatic hydroxyl groups is 12. The molecule has 18 nitrogen and oxygen atoms in total. The van der Waals surface area contributed by atoms with Crippen molar-refractivity contribution in [1.29, 1.82) is 0 Å². The van der Waals surface area contributed by atoms with Gasteiger partial charge in [-0.3, -0.25) is 0 Å². The zero-order valence-electron chi connectivity index (χ0n) is 62.6. The summed E-state index contributed by atoms with van der Waals surface area (Å²) in [5, 5.41) is 134. The summed E-state index contributed by atoms with van der Waals surface area (Å²) in [7, 11) is 0. The molecule has 18 N–H and O–H groups in total. The molecule has 12 aromatic carbocycles. The minimum Gasteiger partial charge on any atom is -0.508 e. The Kier molecular flexibility index (Phi) is 29.6. The minimum atomic E-state index is -0.477.